The summed E-state index contributed by atoms with van der Waals surface area (Å²) in [6.45, 7) is 2.47. The maximum absolute atomic E-state index is 11.1. The van der Waals surface area contributed by atoms with Gasteiger partial charge < -0.3 is 15.2 Å². The summed E-state index contributed by atoms with van der Waals surface area (Å²) in [4.78, 5) is 21.3. The molecular weight excluding hydrogens is 252 g/mol. The van der Waals surface area contributed by atoms with E-state index in [1.807, 2.05) is 6.92 Å². The standard InChI is InChI=1S/C12H14N2O5/c1-7-10(4-5-19-7)13-11-6-8(14(17)18)2-3-9(11)12(15)16/h2-3,6-7,10,13H,4-5H2,1H3,(H,15,16). The molecule has 1 heterocycles. The maximum atomic E-state index is 11.1. The molecule has 2 unspecified atom stereocenters. The molecule has 0 aliphatic carbocycles. The van der Waals surface area contributed by atoms with Gasteiger partial charge in [-0.3, -0.25) is 10.1 Å². The van der Waals surface area contributed by atoms with Crippen LogP contribution < -0.4 is 5.32 Å². The molecule has 0 spiro atoms. The molecule has 1 aromatic rings. The normalized spacial score (nSPS) is 22.2. The first kappa shape index (κ1) is 13.3. The number of carboxylic acids is 1. The topological polar surface area (TPSA) is 102 Å². The third kappa shape index (κ3) is 2.82. The Hall–Kier alpha value is -2.15. The lowest BCUT2D eigenvalue weighted by molar-refractivity contribution is -0.384. The summed E-state index contributed by atoms with van der Waals surface area (Å²) in [5.41, 5.74) is 0.132. The van der Waals surface area contributed by atoms with Crippen molar-refractivity contribution < 1.29 is 19.6 Å². The molecule has 2 rings (SSSR count). The fraction of sp³-hybridized carbons (Fsp3) is 0.417. The van der Waals surface area contributed by atoms with Gasteiger partial charge in [-0.05, 0) is 19.4 Å². The Morgan fingerprint density at radius 1 is 1.58 bits per heavy atom. The number of nitrogens with zero attached hydrogens (tertiary/aromatic N) is 1. The summed E-state index contributed by atoms with van der Waals surface area (Å²) in [7, 11) is 0. The molecular formula is C12H14N2O5. The van der Waals surface area contributed by atoms with Crippen molar-refractivity contribution in [2.45, 2.75) is 25.5 Å². The first-order chi connectivity index (χ1) is 8.99. The summed E-state index contributed by atoms with van der Waals surface area (Å²) < 4.78 is 5.37. The van der Waals surface area contributed by atoms with Gasteiger partial charge in [-0.15, -0.1) is 0 Å². The van der Waals surface area contributed by atoms with E-state index in [4.69, 9.17) is 9.84 Å². The van der Waals surface area contributed by atoms with E-state index in [0.29, 0.717) is 6.61 Å². The first-order valence-electron chi connectivity index (χ1n) is 5.89. The van der Waals surface area contributed by atoms with Crippen molar-refractivity contribution in [3.63, 3.8) is 0 Å². The number of nitrogens with one attached hydrogen (secondary N) is 1. The molecule has 2 N–H and O–H groups in total. The highest BCUT2D eigenvalue weighted by Crippen LogP contribution is 2.26. The van der Waals surface area contributed by atoms with Gasteiger partial charge in [-0.25, -0.2) is 4.79 Å². The van der Waals surface area contributed by atoms with Gasteiger partial charge in [0.1, 0.15) is 0 Å². The van der Waals surface area contributed by atoms with Crippen molar-refractivity contribution in [1.82, 2.24) is 0 Å². The molecule has 1 saturated heterocycles. The molecule has 1 aromatic carbocycles. The third-order valence-corrected chi connectivity index (χ3v) is 3.16. The van der Waals surface area contributed by atoms with Gasteiger partial charge in [0.2, 0.25) is 0 Å². The van der Waals surface area contributed by atoms with Crippen LogP contribution >= 0.6 is 0 Å². The van der Waals surface area contributed by atoms with E-state index in [1.54, 1.807) is 0 Å². The average Bonchev–Trinajstić information content (AvgIpc) is 2.74. The van der Waals surface area contributed by atoms with Gasteiger partial charge in [-0.2, -0.15) is 0 Å². The molecule has 102 valence electrons. The molecule has 1 aliphatic rings. The minimum absolute atomic E-state index is 0.0182. The SMILES string of the molecule is CC1OCCC1Nc1cc([N+](=O)[O-])ccc1C(=O)O. The van der Waals surface area contributed by atoms with Crippen LogP contribution in [0, 0.1) is 10.1 Å². The van der Waals surface area contributed by atoms with Crippen molar-refractivity contribution in [2.75, 3.05) is 11.9 Å². The highest BCUT2D eigenvalue weighted by molar-refractivity contribution is 5.94. The number of rotatable bonds is 4. The number of nitro groups is 1. The number of hydrogen-bond acceptors (Lipinski definition) is 5. The van der Waals surface area contributed by atoms with Crippen LogP contribution in [0.15, 0.2) is 18.2 Å². The zero-order valence-corrected chi connectivity index (χ0v) is 10.3. The van der Waals surface area contributed by atoms with Crippen LogP contribution in [0.3, 0.4) is 0 Å². The first-order valence-corrected chi connectivity index (χ1v) is 5.89. The number of benzene rings is 1. The van der Waals surface area contributed by atoms with Crippen molar-refractivity contribution in [1.29, 1.82) is 0 Å². The fourth-order valence-corrected chi connectivity index (χ4v) is 2.07. The summed E-state index contributed by atoms with van der Waals surface area (Å²) in [5.74, 6) is -1.12. The van der Waals surface area contributed by atoms with Gasteiger partial charge in [0.05, 0.1) is 28.3 Å². The second-order valence-electron chi connectivity index (χ2n) is 4.41. The van der Waals surface area contributed by atoms with Crippen LogP contribution in [0.2, 0.25) is 0 Å². The molecule has 0 aromatic heterocycles. The Morgan fingerprint density at radius 3 is 2.84 bits per heavy atom. The number of nitro benzene ring substituents is 1. The van der Waals surface area contributed by atoms with E-state index < -0.39 is 10.9 Å². The van der Waals surface area contributed by atoms with Gasteiger partial charge in [0.15, 0.2) is 0 Å². The zero-order chi connectivity index (χ0) is 14.0. The number of carbonyl (C=O) groups is 1. The fourth-order valence-electron chi connectivity index (χ4n) is 2.07. The number of carboxylic acid groups (broad SMARTS) is 1. The van der Waals surface area contributed by atoms with Crippen molar-refractivity contribution >= 4 is 17.3 Å². The number of anilines is 1. The monoisotopic (exact) mass is 266 g/mol. The molecule has 7 heteroatoms. The smallest absolute Gasteiger partial charge is 0.337 e. The van der Waals surface area contributed by atoms with Crippen LogP contribution in [-0.2, 0) is 4.74 Å². The number of hydrogen-bond donors (Lipinski definition) is 2. The van der Waals surface area contributed by atoms with Gasteiger partial charge in [0, 0.05) is 18.7 Å². The summed E-state index contributed by atoms with van der Waals surface area (Å²) >= 11 is 0. The Bertz CT molecular complexity index is 517. The molecule has 1 fully saturated rings. The van der Waals surface area contributed by atoms with E-state index in [1.165, 1.54) is 18.2 Å². The lowest BCUT2D eigenvalue weighted by atomic mass is 10.1. The molecule has 0 amide bonds. The predicted octanol–water partition coefficient (Wildman–Crippen LogP) is 1.88. The number of ether oxygens (including phenoxy) is 1. The van der Waals surface area contributed by atoms with Crippen LogP contribution in [0.25, 0.3) is 0 Å². The quantitative estimate of drug-likeness (QED) is 0.637. The third-order valence-electron chi connectivity index (χ3n) is 3.16. The molecule has 19 heavy (non-hydrogen) atoms. The second-order valence-corrected chi connectivity index (χ2v) is 4.41. The average molecular weight is 266 g/mol. The Morgan fingerprint density at radius 2 is 2.32 bits per heavy atom. The van der Waals surface area contributed by atoms with Crippen LogP contribution in [0.5, 0.6) is 0 Å². The van der Waals surface area contributed by atoms with Crippen molar-refractivity contribution in [3.05, 3.63) is 33.9 Å². The highest BCUT2D eigenvalue weighted by Gasteiger charge is 2.26. The lowest BCUT2D eigenvalue weighted by Crippen LogP contribution is -2.27. The zero-order valence-electron chi connectivity index (χ0n) is 10.3. The number of aromatic carboxylic acids is 1. The maximum Gasteiger partial charge on any atom is 0.337 e. The van der Waals surface area contributed by atoms with Crippen molar-refractivity contribution in [2.24, 2.45) is 0 Å². The largest absolute Gasteiger partial charge is 0.478 e. The van der Waals surface area contributed by atoms with Gasteiger partial charge >= 0.3 is 5.97 Å². The van der Waals surface area contributed by atoms with E-state index in [9.17, 15) is 14.9 Å². The minimum Gasteiger partial charge on any atom is -0.478 e. The molecule has 7 nitrogen and oxygen atoms in total. The van der Waals surface area contributed by atoms with E-state index >= 15 is 0 Å². The molecule has 0 bridgehead atoms. The molecule has 0 radical (unpaired) electrons. The minimum atomic E-state index is -1.12. The number of non-ortho nitro benzene ring substituents is 1. The van der Waals surface area contributed by atoms with E-state index in [2.05, 4.69) is 5.32 Å². The Labute approximate surface area is 109 Å². The Balaban J connectivity index is 2.32. The molecule has 0 saturated carbocycles. The predicted molar refractivity (Wildman–Crippen MR) is 67.5 cm³/mol. The van der Waals surface area contributed by atoms with Gasteiger partial charge in [0.25, 0.3) is 5.69 Å². The van der Waals surface area contributed by atoms with Gasteiger partial charge in [-0.1, -0.05) is 0 Å². The van der Waals surface area contributed by atoms with E-state index in [0.717, 1.165) is 6.42 Å². The van der Waals surface area contributed by atoms with Crippen molar-refractivity contribution in [3.8, 4) is 0 Å². The van der Waals surface area contributed by atoms with E-state index in [-0.39, 0.29) is 29.1 Å². The lowest BCUT2D eigenvalue weighted by Gasteiger charge is -2.18. The Kier molecular flexibility index (Phi) is 3.66. The molecule has 2 atom stereocenters. The summed E-state index contributed by atoms with van der Waals surface area (Å²) in [6, 6.07) is 3.63. The van der Waals surface area contributed by atoms with Crippen LogP contribution in [-0.4, -0.2) is 34.8 Å². The highest BCUT2D eigenvalue weighted by atomic mass is 16.6. The summed E-state index contributed by atoms with van der Waals surface area (Å²) in [5, 5.41) is 22.9. The second kappa shape index (κ2) is 5.23. The molecule has 1 aliphatic heterocycles. The van der Waals surface area contributed by atoms with Crippen LogP contribution in [0.4, 0.5) is 11.4 Å². The summed E-state index contributed by atoms with van der Waals surface area (Å²) in [6.07, 6.45) is 0.684. The van der Waals surface area contributed by atoms with Crippen LogP contribution in [0.1, 0.15) is 23.7 Å².